The summed E-state index contributed by atoms with van der Waals surface area (Å²) < 4.78 is 5.66. The molecule has 1 atom stereocenters. The molecule has 1 unspecified atom stereocenters. The molecule has 0 spiro atoms. The lowest BCUT2D eigenvalue weighted by Gasteiger charge is -2.16. The number of rotatable bonds is 3. The fraction of sp³-hybridized carbons (Fsp3) is 0.571. The summed E-state index contributed by atoms with van der Waals surface area (Å²) in [6, 6.07) is 5.08. The lowest BCUT2D eigenvalue weighted by molar-refractivity contribution is 0.335. The molecule has 88 valence electrons. The van der Waals surface area contributed by atoms with Gasteiger partial charge in [0.05, 0.1) is 6.61 Å². The first kappa shape index (κ1) is 11.5. The smallest absolute Gasteiger partial charge is 0.125 e. The van der Waals surface area contributed by atoms with Crippen molar-refractivity contribution in [1.29, 1.82) is 0 Å². The molecule has 16 heavy (non-hydrogen) atoms. The third-order valence-corrected chi connectivity index (χ3v) is 3.23. The molecule has 1 aromatic carbocycles. The molecule has 1 fully saturated rings. The molecule has 1 saturated heterocycles. The molecule has 0 amide bonds. The average molecular weight is 219 g/mol. The lowest BCUT2D eigenvalue weighted by atomic mass is 9.99. The zero-order valence-electron chi connectivity index (χ0n) is 10.5. The van der Waals surface area contributed by atoms with Gasteiger partial charge in [0.2, 0.25) is 0 Å². The highest BCUT2D eigenvalue weighted by atomic mass is 16.5. The topological polar surface area (TPSA) is 21.3 Å². The maximum atomic E-state index is 5.66. The molecule has 0 radical (unpaired) electrons. The van der Waals surface area contributed by atoms with Crippen molar-refractivity contribution in [3.05, 3.63) is 28.8 Å². The van der Waals surface area contributed by atoms with Crippen LogP contribution in [0.1, 0.15) is 42.5 Å². The van der Waals surface area contributed by atoms with E-state index in [1.807, 2.05) is 6.92 Å². The minimum atomic E-state index is 0.549. The number of hydrogen-bond donors (Lipinski definition) is 1. The van der Waals surface area contributed by atoms with E-state index in [-0.39, 0.29) is 0 Å². The van der Waals surface area contributed by atoms with Crippen molar-refractivity contribution in [2.45, 2.75) is 39.7 Å². The van der Waals surface area contributed by atoms with Crippen LogP contribution in [0.3, 0.4) is 0 Å². The number of nitrogens with one attached hydrogen (secondary N) is 1. The van der Waals surface area contributed by atoms with Gasteiger partial charge in [0.1, 0.15) is 5.75 Å². The Labute approximate surface area is 98.0 Å². The number of hydrogen-bond acceptors (Lipinski definition) is 2. The maximum absolute atomic E-state index is 5.66. The number of benzene rings is 1. The molecule has 0 aliphatic carbocycles. The van der Waals surface area contributed by atoms with Crippen molar-refractivity contribution >= 4 is 0 Å². The Kier molecular flexibility index (Phi) is 3.49. The highest BCUT2D eigenvalue weighted by Crippen LogP contribution is 2.30. The van der Waals surface area contributed by atoms with Crippen LogP contribution in [0.15, 0.2) is 12.1 Å². The van der Waals surface area contributed by atoms with Crippen LogP contribution in [-0.4, -0.2) is 13.2 Å². The SMILES string of the molecule is CCOc1c(C)cc(C2CCCN2)cc1C. The van der Waals surface area contributed by atoms with Crippen LogP contribution in [0.5, 0.6) is 5.75 Å². The second kappa shape index (κ2) is 4.88. The molecule has 2 nitrogen and oxygen atoms in total. The van der Waals surface area contributed by atoms with E-state index in [0.717, 1.165) is 18.9 Å². The van der Waals surface area contributed by atoms with Crippen LogP contribution >= 0.6 is 0 Å². The summed E-state index contributed by atoms with van der Waals surface area (Å²) in [6.07, 6.45) is 2.54. The van der Waals surface area contributed by atoms with Crippen molar-refractivity contribution in [3.63, 3.8) is 0 Å². The summed E-state index contributed by atoms with van der Waals surface area (Å²) in [5, 5.41) is 3.54. The predicted molar refractivity (Wildman–Crippen MR) is 67.1 cm³/mol. The summed E-state index contributed by atoms with van der Waals surface area (Å²) in [5.41, 5.74) is 3.92. The van der Waals surface area contributed by atoms with E-state index in [1.54, 1.807) is 0 Å². The van der Waals surface area contributed by atoms with Crippen LogP contribution in [0.2, 0.25) is 0 Å². The van der Waals surface area contributed by atoms with E-state index in [9.17, 15) is 0 Å². The van der Waals surface area contributed by atoms with Crippen LogP contribution in [0.25, 0.3) is 0 Å². The third-order valence-electron chi connectivity index (χ3n) is 3.23. The molecule has 1 heterocycles. The van der Waals surface area contributed by atoms with Crippen molar-refractivity contribution in [2.24, 2.45) is 0 Å². The van der Waals surface area contributed by atoms with Gasteiger partial charge in [-0.15, -0.1) is 0 Å². The molecule has 2 rings (SSSR count). The van der Waals surface area contributed by atoms with E-state index in [1.165, 1.54) is 29.5 Å². The minimum Gasteiger partial charge on any atom is -0.493 e. The summed E-state index contributed by atoms with van der Waals surface area (Å²) >= 11 is 0. The molecule has 0 aromatic heterocycles. The predicted octanol–water partition coefficient (Wildman–Crippen LogP) is 3.13. The van der Waals surface area contributed by atoms with Gasteiger partial charge in [-0.05, 0) is 56.8 Å². The highest BCUT2D eigenvalue weighted by molar-refractivity contribution is 5.44. The van der Waals surface area contributed by atoms with E-state index in [0.29, 0.717) is 6.04 Å². The van der Waals surface area contributed by atoms with Crippen molar-refractivity contribution < 1.29 is 4.74 Å². The van der Waals surface area contributed by atoms with Gasteiger partial charge in [0, 0.05) is 6.04 Å². The Morgan fingerprint density at radius 1 is 1.31 bits per heavy atom. The van der Waals surface area contributed by atoms with Gasteiger partial charge in [-0.25, -0.2) is 0 Å². The summed E-state index contributed by atoms with van der Waals surface area (Å²) in [4.78, 5) is 0. The Morgan fingerprint density at radius 2 is 2.00 bits per heavy atom. The van der Waals surface area contributed by atoms with Crippen molar-refractivity contribution in [2.75, 3.05) is 13.2 Å². The van der Waals surface area contributed by atoms with E-state index >= 15 is 0 Å². The molecule has 1 aromatic rings. The van der Waals surface area contributed by atoms with Crippen molar-refractivity contribution in [3.8, 4) is 5.75 Å². The van der Waals surface area contributed by atoms with Gasteiger partial charge in [0.15, 0.2) is 0 Å². The molecular formula is C14H21NO. The Bertz CT molecular complexity index is 344. The summed E-state index contributed by atoms with van der Waals surface area (Å²) in [6.45, 7) is 8.19. The molecule has 0 bridgehead atoms. The third kappa shape index (κ3) is 2.22. The Balaban J connectivity index is 2.28. The molecule has 2 heteroatoms. The monoisotopic (exact) mass is 219 g/mol. The van der Waals surface area contributed by atoms with E-state index < -0.39 is 0 Å². The van der Waals surface area contributed by atoms with Gasteiger partial charge >= 0.3 is 0 Å². The largest absolute Gasteiger partial charge is 0.493 e. The first-order chi connectivity index (χ1) is 7.72. The normalized spacial score (nSPS) is 20.1. The Hall–Kier alpha value is -1.02. The second-order valence-electron chi connectivity index (χ2n) is 4.57. The number of aryl methyl sites for hydroxylation is 2. The highest BCUT2D eigenvalue weighted by Gasteiger charge is 2.17. The molecule has 1 aliphatic rings. The van der Waals surface area contributed by atoms with Crippen molar-refractivity contribution in [1.82, 2.24) is 5.32 Å². The average Bonchev–Trinajstić information content (AvgIpc) is 2.76. The summed E-state index contributed by atoms with van der Waals surface area (Å²) in [5.74, 6) is 1.06. The molecule has 0 saturated carbocycles. The fourth-order valence-electron chi connectivity index (χ4n) is 2.53. The zero-order valence-corrected chi connectivity index (χ0v) is 10.5. The zero-order chi connectivity index (χ0) is 11.5. The van der Waals surface area contributed by atoms with Gasteiger partial charge in [0.25, 0.3) is 0 Å². The first-order valence-corrected chi connectivity index (χ1v) is 6.19. The second-order valence-corrected chi connectivity index (χ2v) is 4.57. The van der Waals surface area contributed by atoms with E-state index in [2.05, 4.69) is 31.3 Å². The van der Waals surface area contributed by atoms with Crippen LogP contribution < -0.4 is 10.1 Å². The number of ether oxygens (including phenoxy) is 1. The molecule has 1 aliphatic heterocycles. The molecular weight excluding hydrogens is 198 g/mol. The lowest BCUT2D eigenvalue weighted by Crippen LogP contribution is -2.13. The summed E-state index contributed by atoms with van der Waals surface area (Å²) in [7, 11) is 0. The van der Waals surface area contributed by atoms with Crippen LogP contribution in [0, 0.1) is 13.8 Å². The minimum absolute atomic E-state index is 0.549. The van der Waals surface area contributed by atoms with Gasteiger partial charge in [-0.3, -0.25) is 0 Å². The first-order valence-electron chi connectivity index (χ1n) is 6.19. The Morgan fingerprint density at radius 3 is 2.50 bits per heavy atom. The maximum Gasteiger partial charge on any atom is 0.125 e. The van der Waals surface area contributed by atoms with E-state index in [4.69, 9.17) is 4.74 Å². The fourth-order valence-corrected chi connectivity index (χ4v) is 2.53. The van der Waals surface area contributed by atoms with Crippen LogP contribution in [-0.2, 0) is 0 Å². The van der Waals surface area contributed by atoms with Crippen LogP contribution in [0.4, 0.5) is 0 Å². The standard InChI is InChI=1S/C14H21NO/c1-4-16-14-10(2)8-12(9-11(14)3)13-6-5-7-15-13/h8-9,13,15H,4-7H2,1-3H3. The van der Waals surface area contributed by atoms with Gasteiger partial charge in [-0.1, -0.05) is 12.1 Å². The van der Waals surface area contributed by atoms with Gasteiger partial charge in [-0.2, -0.15) is 0 Å². The molecule has 1 N–H and O–H groups in total. The van der Waals surface area contributed by atoms with Gasteiger partial charge < -0.3 is 10.1 Å². The quantitative estimate of drug-likeness (QED) is 0.843.